The number of rotatable bonds is 5. The van der Waals surface area contributed by atoms with Crippen molar-refractivity contribution in [3.05, 3.63) is 64.9 Å². The fraction of sp³-hybridized carbons (Fsp3) is 0.125. The van der Waals surface area contributed by atoms with Crippen molar-refractivity contribution >= 4 is 23.2 Å². The van der Waals surface area contributed by atoms with Crippen LogP contribution in [0, 0.1) is 0 Å². The first-order chi connectivity index (χ1) is 11.7. The van der Waals surface area contributed by atoms with Gasteiger partial charge in [-0.05, 0) is 52.7 Å². The van der Waals surface area contributed by atoms with E-state index in [4.69, 9.17) is 16.7 Å². The highest BCUT2D eigenvalue weighted by Gasteiger charge is 2.15. The quantitative estimate of drug-likeness (QED) is 0.740. The van der Waals surface area contributed by atoms with Crippen molar-refractivity contribution in [2.24, 2.45) is 0 Å². The molecule has 2 N–H and O–H groups in total. The van der Waals surface area contributed by atoms with Gasteiger partial charge in [0.15, 0.2) is 0 Å². The molecule has 1 amide bonds. The molecule has 122 valence electrons. The molecule has 0 aliphatic heterocycles. The minimum atomic E-state index is -0.321. The highest BCUT2D eigenvalue weighted by molar-refractivity contribution is 6.31. The number of aromatic nitrogens is 4. The number of hydrogen-bond acceptors (Lipinski definition) is 5. The predicted octanol–water partition coefficient (Wildman–Crippen LogP) is 2.10. The number of aliphatic hydroxyl groups is 1. The molecule has 0 radical (unpaired) electrons. The van der Waals surface area contributed by atoms with Crippen LogP contribution in [0.3, 0.4) is 0 Å². The van der Waals surface area contributed by atoms with E-state index in [0.717, 1.165) is 5.56 Å². The Morgan fingerprint density at radius 1 is 1.21 bits per heavy atom. The lowest BCUT2D eigenvalue weighted by molar-refractivity contribution is 0.102. The molecule has 24 heavy (non-hydrogen) atoms. The van der Waals surface area contributed by atoms with Crippen LogP contribution >= 0.6 is 11.6 Å². The fourth-order valence-corrected chi connectivity index (χ4v) is 2.42. The van der Waals surface area contributed by atoms with Crippen LogP contribution in [0.1, 0.15) is 15.9 Å². The number of nitrogens with zero attached hydrogens (tertiary/aromatic N) is 4. The van der Waals surface area contributed by atoms with E-state index in [9.17, 15) is 4.79 Å². The molecule has 2 aromatic carbocycles. The maximum Gasteiger partial charge on any atom is 0.257 e. The fourth-order valence-electron chi connectivity index (χ4n) is 2.24. The van der Waals surface area contributed by atoms with Gasteiger partial charge in [-0.25, -0.2) is 0 Å². The molecule has 8 heteroatoms. The second-order valence-electron chi connectivity index (χ2n) is 5.04. The van der Waals surface area contributed by atoms with Gasteiger partial charge in [0.05, 0.1) is 11.3 Å². The summed E-state index contributed by atoms with van der Waals surface area (Å²) < 4.78 is 1.40. The van der Waals surface area contributed by atoms with Gasteiger partial charge < -0.3 is 10.4 Å². The van der Waals surface area contributed by atoms with Crippen molar-refractivity contribution in [3.63, 3.8) is 0 Å². The van der Waals surface area contributed by atoms with Crippen molar-refractivity contribution < 1.29 is 9.90 Å². The molecule has 0 aliphatic carbocycles. The van der Waals surface area contributed by atoms with E-state index in [0.29, 0.717) is 28.4 Å². The number of aliphatic hydroxyl groups excluding tert-OH is 1. The normalized spacial score (nSPS) is 10.6. The Kier molecular flexibility index (Phi) is 4.83. The van der Waals surface area contributed by atoms with Crippen LogP contribution in [0.15, 0.2) is 48.8 Å². The molecule has 0 saturated heterocycles. The highest BCUT2D eigenvalue weighted by Crippen LogP contribution is 2.20. The standard InChI is InChI=1S/C16H14ClN5O2/c17-12-3-6-15(22-10-18-20-21-22)14(9-12)16(24)19-13-4-1-11(2-5-13)7-8-23/h1-6,9-10,23H,7-8H2,(H,19,24). The van der Waals surface area contributed by atoms with E-state index in [1.807, 2.05) is 12.1 Å². The number of benzene rings is 2. The van der Waals surface area contributed by atoms with E-state index in [2.05, 4.69) is 20.8 Å². The van der Waals surface area contributed by atoms with E-state index < -0.39 is 0 Å². The zero-order valence-corrected chi connectivity index (χ0v) is 13.3. The largest absolute Gasteiger partial charge is 0.396 e. The summed E-state index contributed by atoms with van der Waals surface area (Å²) in [6.07, 6.45) is 1.98. The van der Waals surface area contributed by atoms with Gasteiger partial charge in [-0.1, -0.05) is 23.7 Å². The second-order valence-corrected chi connectivity index (χ2v) is 5.48. The molecule has 3 rings (SSSR count). The summed E-state index contributed by atoms with van der Waals surface area (Å²) in [4.78, 5) is 12.6. The molecular weight excluding hydrogens is 330 g/mol. The molecule has 0 saturated carbocycles. The first-order valence-corrected chi connectivity index (χ1v) is 7.59. The molecule has 0 spiro atoms. The highest BCUT2D eigenvalue weighted by atomic mass is 35.5. The molecule has 1 aromatic heterocycles. The van der Waals surface area contributed by atoms with Crippen LogP contribution in [0.25, 0.3) is 5.69 Å². The molecule has 0 aliphatic rings. The smallest absolute Gasteiger partial charge is 0.257 e. The van der Waals surface area contributed by atoms with Gasteiger partial charge in [0.25, 0.3) is 5.91 Å². The SMILES string of the molecule is O=C(Nc1ccc(CCO)cc1)c1cc(Cl)ccc1-n1cnnn1. The van der Waals surface area contributed by atoms with Crippen LogP contribution in [-0.4, -0.2) is 37.8 Å². The third-order valence-corrected chi connectivity index (χ3v) is 3.65. The van der Waals surface area contributed by atoms with Gasteiger partial charge in [-0.2, -0.15) is 4.68 Å². The first kappa shape index (κ1) is 16.1. The number of nitrogens with one attached hydrogen (secondary N) is 1. The first-order valence-electron chi connectivity index (χ1n) is 7.21. The van der Waals surface area contributed by atoms with Gasteiger partial charge in [0.1, 0.15) is 6.33 Å². The third-order valence-electron chi connectivity index (χ3n) is 3.41. The number of amides is 1. The van der Waals surface area contributed by atoms with Crippen molar-refractivity contribution in [2.45, 2.75) is 6.42 Å². The van der Waals surface area contributed by atoms with Crippen molar-refractivity contribution in [2.75, 3.05) is 11.9 Å². The average molecular weight is 344 g/mol. The van der Waals surface area contributed by atoms with E-state index in [1.54, 1.807) is 30.3 Å². The van der Waals surface area contributed by atoms with Crippen molar-refractivity contribution in [3.8, 4) is 5.69 Å². The van der Waals surface area contributed by atoms with E-state index in [-0.39, 0.29) is 12.5 Å². The summed E-state index contributed by atoms with van der Waals surface area (Å²) in [5.41, 5.74) is 2.52. The van der Waals surface area contributed by atoms with Gasteiger partial charge in [0.2, 0.25) is 0 Å². The molecule has 1 heterocycles. The minimum Gasteiger partial charge on any atom is -0.396 e. The monoisotopic (exact) mass is 343 g/mol. The maximum absolute atomic E-state index is 12.6. The summed E-state index contributed by atoms with van der Waals surface area (Å²) in [7, 11) is 0. The van der Waals surface area contributed by atoms with Crippen LogP contribution in [0.2, 0.25) is 5.02 Å². The Labute approximate surface area is 142 Å². The minimum absolute atomic E-state index is 0.0868. The number of carbonyl (C=O) groups excluding carboxylic acids is 1. The van der Waals surface area contributed by atoms with Crippen molar-refractivity contribution in [1.29, 1.82) is 0 Å². The number of hydrogen-bond donors (Lipinski definition) is 2. The average Bonchev–Trinajstić information content (AvgIpc) is 3.11. The number of halogens is 1. The van der Waals surface area contributed by atoms with Gasteiger partial charge in [0, 0.05) is 17.3 Å². The molecule has 0 unspecified atom stereocenters. The number of carbonyl (C=O) groups is 1. The Balaban J connectivity index is 1.86. The third kappa shape index (κ3) is 3.58. The Morgan fingerprint density at radius 3 is 2.67 bits per heavy atom. The lowest BCUT2D eigenvalue weighted by atomic mass is 10.1. The van der Waals surface area contributed by atoms with E-state index in [1.165, 1.54) is 11.0 Å². The van der Waals surface area contributed by atoms with Crippen LogP contribution < -0.4 is 5.32 Å². The maximum atomic E-state index is 12.6. The number of anilines is 1. The topological polar surface area (TPSA) is 92.9 Å². The molecule has 3 aromatic rings. The summed E-state index contributed by atoms with van der Waals surface area (Å²) in [6, 6.07) is 12.2. The molecule has 0 atom stereocenters. The zero-order valence-electron chi connectivity index (χ0n) is 12.6. The summed E-state index contributed by atoms with van der Waals surface area (Å²) in [6.45, 7) is 0.0868. The Bertz CT molecular complexity index is 834. The number of tetrazole rings is 1. The van der Waals surface area contributed by atoms with Gasteiger partial charge in [-0.3, -0.25) is 4.79 Å². The molecular formula is C16H14ClN5O2. The Morgan fingerprint density at radius 2 is 2.00 bits per heavy atom. The van der Waals surface area contributed by atoms with Crippen LogP contribution in [0.4, 0.5) is 5.69 Å². The van der Waals surface area contributed by atoms with Crippen molar-refractivity contribution in [1.82, 2.24) is 20.2 Å². The van der Waals surface area contributed by atoms with Gasteiger partial charge in [-0.15, -0.1) is 5.10 Å². The summed E-state index contributed by atoms with van der Waals surface area (Å²) in [5.74, 6) is -0.321. The Hall–Kier alpha value is -2.77. The summed E-state index contributed by atoms with van der Waals surface area (Å²) >= 11 is 6.02. The van der Waals surface area contributed by atoms with Gasteiger partial charge >= 0.3 is 0 Å². The zero-order chi connectivity index (χ0) is 16.9. The predicted molar refractivity (Wildman–Crippen MR) is 89.3 cm³/mol. The van der Waals surface area contributed by atoms with Crippen LogP contribution in [-0.2, 0) is 6.42 Å². The van der Waals surface area contributed by atoms with E-state index >= 15 is 0 Å². The summed E-state index contributed by atoms with van der Waals surface area (Å²) in [5, 5.41) is 23.2. The lowest BCUT2D eigenvalue weighted by Crippen LogP contribution is -2.15. The van der Waals surface area contributed by atoms with Crippen LogP contribution in [0.5, 0.6) is 0 Å². The molecule has 7 nitrogen and oxygen atoms in total. The lowest BCUT2D eigenvalue weighted by Gasteiger charge is -2.10. The molecule has 0 bridgehead atoms. The molecule has 0 fully saturated rings. The second kappa shape index (κ2) is 7.20.